The van der Waals surface area contributed by atoms with E-state index in [1.807, 2.05) is 30.3 Å². The van der Waals surface area contributed by atoms with Crippen LogP contribution in [0, 0.1) is 18.3 Å². The first kappa shape index (κ1) is 21.3. The molecular weight excluding hydrogens is 470 g/mol. The number of carbonyl (C=O) groups excluding carboxylic acids is 1. The van der Waals surface area contributed by atoms with Crippen molar-refractivity contribution in [3.05, 3.63) is 76.4 Å². The van der Waals surface area contributed by atoms with Crippen molar-refractivity contribution in [1.82, 2.24) is 19.9 Å². The van der Waals surface area contributed by atoms with E-state index in [2.05, 4.69) is 50.0 Å². The first-order valence-electron chi connectivity index (χ1n) is 9.94. The van der Waals surface area contributed by atoms with E-state index < -0.39 is 0 Å². The monoisotopic (exact) mass is 489 g/mol. The number of aryl methyl sites for hydroxylation is 1. The number of benzene rings is 2. The SMILES string of the molecule is Cc1ccccc1-c1cc(NCCNC(=O)Nc2cccc(C#N)c2)n2ncc(Br)c2n1. The van der Waals surface area contributed by atoms with Crippen molar-refractivity contribution < 1.29 is 4.79 Å². The third-order valence-electron chi connectivity index (χ3n) is 4.82. The van der Waals surface area contributed by atoms with Gasteiger partial charge in [-0.05, 0) is 46.6 Å². The largest absolute Gasteiger partial charge is 0.368 e. The number of halogens is 1. The summed E-state index contributed by atoms with van der Waals surface area (Å²) in [4.78, 5) is 16.9. The summed E-state index contributed by atoms with van der Waals surface area (Å²) in [6.45, 7) is 2.92. The Bertz CT molecular complexity index is 1330. The van der Waals surface area contributed by atoms with Crippen molar-refractivity contribution in [2.45, 2.75) is 6.92 Å². The van der Waals surface area contributed by atoms with Crippen molar-refractivity contribution in [2.75, 3.05) is 23.7 Å². The minimum absolute atomic E-state index is 0.343. The predicted octanol–water partition coefficient (Wildman–Crippen LogP) is 4.57. The zero-order chi connectivity index (χ0) is 22.5. The Labute approximate surface area is 193 Å². The third-order valence-corrected chi connectivity index (χ3v) is 5.38. The average Bonchev–Trinajstić information content (AvgIpc) is 3.18. The highest BCUT2D eigenvalue weighted by molar-refractivity contribution is 9.10. The van der Waals surface area contributed by atoms with E-state index >= 15 is 0 Å². The quantitative estimate of drug-likeness (QED) is 0.343. The minimum atomic E-state index is -0.343. The number of nitriles is 1. The van der Waals surface area contributed by atoms with Crippen LogP contribution in [-0.4, -0.2) is 33.7 Å². The summed E-state index contributed by atoms with van der Waals surface area (Å²) in [7, 11) is 0. The van der Waals surface area contributed by atoms with Crippen molar-refractivity contribution >= 4 is 39.1 Å². The lowest BCUT2D eigenvalue weighted by molar-refractivity contribution is 0.252. The predicted molar refractivity (Wildman–Crippen MR) is 128 cm³/mol. The number of fused-ring (bicyclic) bond motifs is 1. The molecule has 2 aromatic carbocycles. The Kier molecular flexibility index (Phi) is 6.33. The number of hydrogen-bond donors (Lipinski definition) is 3. The highest BCUT2D eigenvalue weighted by Crippen LogP contribution is 2.27. The molecule has 2 aromatic heterocycles. The second-order valence-electron chi connectivity index (χ2n) is 7.07. The van der Waals surface area contributed by atoms with Crippen LogP contribution in [0.2, 0.25) is 0 Å². The molecule has 0 aliphatic carbocycles. The lowest BCUT2D eigenvalue weighted by Gasteiger charge is -2.13. The zero-order valence-electron chi connectivity index (χ0n) is 17.3. The van der Waals surface area contributed by atoms with Gasteiger partial charge in [0, 0.05) is 30.4 Å². The van der Waals surface area contributed by atoms with Crippen LogP contribution >= 0.6 is 15.9 Å². The highest BCUT2D eigenvalue weighted by Gasteiger charge is 2.12. The van der Waals surface area contributed by atoms with Crippen LogP contribution in [0.4, 0.5) is 16.3 Å². The van der Waals surface area contributed by atoms with Crippen LogP contribution in [0.1, 0.15) is 11.1 Å². The van der Waals surface area contributed by atoms with Gasteiger partial charge in [0.1, 0.15) is 5.82 Å². The number of amides is 2. The molecule has 3 N–H and O–H groups in total. The van der Waals surface area contributed by atoms with Gasteiger partial charge in [0.05, 0.1) is 28.0 Å². The molecule has 0 bridgehead atoms. The lowest BCUT2D eigenvalue weighted by atomic mass is 10.1. The van der Waals surface area contributed by atoms with E-state index in [1.165, 1.54) is 0 Å². The zero-order valence-corrected chi connectivity index (χ0v) is 18.8. The average molecular weight is 490 g/mol. The number of nitrogens with zero attached hydrogens (tertiary/aromatic N) is 4. The lowest BCUT2D eigenvalue weighted by Crippen LogP contribution is -2.32. The Balaban J connectivity index is 1.43. The summed E-state index contributed by atoms with van der Waals surface area (Å²) < 4.78 is 2.52. The molecule has 0 saturated heterocycles. The van der Waals surface area contributed by atoms with E-state index in [4.69, 9.17) is 10.2 Å². The van der Waals surface area contributed by atoms with Gasteiger partial charge in [-0.25, -0.2) is 9.78 Å². The standard InChI is InChI=1S/C23H20BrN7O/c1-15-5-2-3-8-18(15)20-12-21(31-22(30-20)19(24)14-28-31)26-9-10-27-23(32)29-17-7-4-6-16(11-17)13-25/h2-8,11-12,14,26H,9-10H2,1H3,(H2,27,29,32). The summed E-state index contributed by atoms with van der Waals surface area (Å²) in [6.07, 6.45) is 1.70. The molecule has 4 aromatic rings. The molecular formula is C23H20BrN7O. The fourth-order valence-electron chi connectivity index (χ4n) is 3.27. The number of nitrogens with one attached hydrogen (secondary N) is 3. The summed E-state index contributed by atoms with van der Waals surface area (Å²) in [5, 5.41) is 22.2. The van der Waals surface area contributed by atoms with Gasteiger partial charge in [-0.1, -0.05) is 30.3 Å². The van der Waals surface area contributed by atoms with Crippen molar-refractivity contribution in [2.24, 2.45) is 0 Å². The van der Waals surface area contributed by atoms with Crippen molar-refractivity contribution in [3.63, 3.8) is 0 Å². The number of anilines is 2. The fraction of sp³-hybridized carbons (Fsp3) is 0.130. The van der Waals surface area contributed by atoms with Gasteiger partial charge in [0.15, 0.2) is 5.65 Å². The maximum atomic E-state index is 12.1. The van der Waals surface area contributed by atoms with Crippen LogP contribution in [-0.2, 0) is 0 Å². The van der Waals surface area contributed by atoms with Crippen molar-refractivity contribution in [3.8, 4) is 17.3 Å². The number of rotatable bonds is 6. The fourth-order valence-corrected chi connectivity index (χ4v) is 3.62. The van der Waals surface area contributed by atoms with Gasteiger partial charge in [0.25, 0.3) is 0 Å². The summed E-state index contributed by atoms with van der Waals surface area (Å²) in [5.74, 6) is 0.767. The molecule has 2 amide bonds. The second-order valence-corrected chi connectivity index (χ2v) is 7.92. The minimum Gasteiger partial charge on any atom is -0.368 e. The number of carbonyl (C=O) groups is 1. The van der Waals surface area contributed by atoms with E-state index in [0.29, 0.717) is 30.0 Å². The van der Waals surface area contributed by atoms with Crippen LogP contribution in [0.15, 0.2) is 65.3 Å². The molecule has 0 fully saturated rings. The van der Waals surface area contributed by atoms with Crippen LogP contribution in [0.5, 0.6) is 0 Å². The molecule has 8 nitrogen and oxygen atoms in total. The highest BCUT2D eigenvalue weighted by atomic mass is 79.9. The van der Waals surface area contributed by atoms with Crippen LogP contribution in [0.25, 0.3) is 16.9 Å². The van der Waals surface area contributed by atoms with E-state index in [0.717, 1.165) is 27.1 Å². The number of hydrogen-bond acceptors (Lipinski definition) is 5. The van der Waals surface area contributed by atoms with Gasteiger partial charge < -0.3 is 16.0 Å². The van der Waals surface area contributed by atoms with Crippen LogP contribution < -0.4 is 16.0 Å². The van der Waals surface area contributed by atoms with Gasteiger partial charge in [-0.3, -0.25) is 0 Å². The Morgan fingerprint density at radius 3 is 2.81 bits per heavy atom. The number of aromatic nitrogens is 3. The topological polar surface area (TPSA) is 107 Å². The van der Waals surface area contributed by atoms with Crippen molar-refractivity contribution in [1.29, 1.82) is 5.26 Å². The van der Waals surface area contributed by atoms with E-state index in [9.17, 15) is 4.79 Å². The molecule has 160 valence electrons. The second kappa shape index (κ2) is 9.49. The molecule has 0 spiro atoms. The summed E-state index contributed by atoms with van der Waals surface area (Å²) >= 11 is 3.51. The first-order valence-corrected chi connectivity index (χ1v) is 10.7. The summed E-state index contributed by atoms with van der Waals surface area (Å²) in [6, 6.07) is 18.5. The smallest absolute Gasteiger partial charge is 0.319 e. The van der Waals surface area contributed by atoms with Gasteiger partial charge in [0.2, 0.25) is 0 Å². The number of urea groups is 1. The Hall–Kier alpha value is -3.90. The first-order chi connectivity index (χ1) is 15.5. The summed E-state index contributed by atoms with van der Waals surface area (Å²) in [5.41, 5.74) is 4.77. The molecule has 9 heteroatoms. The molecule has 2 heterocycles. The van der Waals surface area contributed by atoms with Gasteiger partial charge in [-0.15, -0.1) is 0 Å². The maximum Gasteiger partial charge on any atom is 0.319 e. The van der Waals surface area contributed by atoms with Gasteiger partial charge >= 0.3 is 6.03 Å². The molecule has 4 rings (SSSR count). The van der Waals surface area contributed by atoms with E-state index in [1.54, 1.807) is 35.0 Å². The van der Waals surface area contributed by atoms with E-state index in [-0.39, 0.29) is 6.03 Å². The molecule has 32 heavy (non-hydrogen) atoms. The van der Waals surface area contributed by atoms with Crippen LogP contribution in [0.3, 0.4) is 0 Å². The molecule has 0 aliphatic heterocycles. The Morgan fingerprint density at radius 2 is 2.00 bits per heavy atom. The molecule has 0 aliphatic rings. The normalized spacial score (nSPS) is 10.5. The third kappa shape index (κ3) is 4.71. The molecule has 0 radical (unpaired) electrons. The molecule has 0 atom stereocenters. The molecule has 0 saturated carbocycles. The maximum absolute atomic E-state index is 12.1. The Morgan fingerprint density at radius 1 is 1.16 bits per heavy atom. The molecule has 0 unspecified atom stereocenters. The van der Waals surface area contributed by atoms with Gasteiger partial charge in [-0.2, -0.15) is 14.9 Å².